The maximum absolute atomic E-state index is 13.4. The average molecular weight is 430 g/mol. The van der Waals surface area contributed by atoms with Crippen LogP contribution in [0.1, 0.15) is 38.5 Å². The Kier molecular flexibility index (Phi) is 3.90. The molecule has 0 saturated heterocycles. The number of H-pyrrole nitrogens is 1. The molecule has 0 radical (unpaired) electrons. The summed E-state index contributed by atoms with van der Waals surface area (Å²) in [5.74, 6) is 4.75. The Morgan fingerprint density at radius 3 is 2.38 bits per heavy atom. The first-order valence-electron chi connectivity index (χ1n) is 11.8. The van der Waals surface area contributed by atoms with Crippen LogP contribution in [0.15, 0.2) is 36.4 Å². The lowest BCUT2D eigenvalue weighted by Crippen LogP contribution is -2.51. The highest BCUT2D eigenvalue weighted by molar-refractivity contribution is 5.96. The molecule has 1 aliphatic heterocycles. The molecule has 164 valence electrons. The summed E-state index contributed by atoms with van der Waals surface area (Å²) in [7, 11) is 0. The fraction of sp³-hybridized carbons (Fsp3) is 0.462. The van der Waals surface area contributed by atoms with Gasteiger partial charge >= 0.3 is 0 Å². The normalized spacial score (nSPS) is 29.9. The lowest BCUT2D eigenvalue weighted by molar-refractivity contribution is -0.140. The van der Waals surface area contributed by atoms with Crippen LogP contribution in [0.4, 0.5) is 5.69 Å². The number of fused-ring (bicyclic) bond motifs is 2. The van der Waals surface area contributed by atoms with Crippen LogP contribution < -0.4 is 14.8 Å². The van der Waals surface area contributed by atoms with Gasteiger partial charge in [-0.05, 0) is 68.4 Å². The minimum absolute atomic E-state index is 0.150. The number of anilines is 1. The van der Waals surface area contributed by atoms with Gasteiger partial charge in [-0.15, -0.1) is 0 Å². The summed E-state index contributed by atoms with van der Waals surface area (Å²) in [6.07, 6.45) is 7.24. The van der Waals surface area contributed by atoms with Gasteiger partial charge in [0.15, 0.2) is 11.5 Å². The number of nitrogens with zero attached hydrogens (tertiary/aromatic N) is 1. The molecule has 0 atom stereocenters. The molecular weight excluding hydrogens is 402 g/mol. The number of hydrogen-bond acceptors (Lipinski definition) is 4. The SMILES string of the molecule is O=C(Nc1cccc(-c2nc3cc4c(cc3[nH]2)OCCO4)c1)C12CC3CC(CC(C3)C1)C2. The van der Waals surface area contributed by atoms with E-state index in [1.165, 1.54) is 19.3 Å². The van der Waals surface area contributed by atoms with Gasteiger partial charge in [0.25, 0.3) is 0 Å². The smallest absolute Gasteiger partial charge is 0.230 e. The molecule has 8 rings (SSSR count). The molecule has 0 spiro atoms. The van der Waals surface area contributed by atoms with Gasteiger partial charge in [-0.2, -0.15) is 0 Å². The summed E-state index contributed by atoms with van der Waals surface area (Å²) in [6, 6.07) is 11.9. The number of imidazole rings is 1. The lowest BCUT2D eigenvalue weighted by Gasteiger charge is -2.55. The highest BCUT2D eigenvalue weighted by atomic mass is 16.6. The zero-order valence-corrected chi connectivity index (χ0v) is 18.0. The molecule has 4 fully saturated rings. The number of rotatable bonds is 3. The van der Waals surface area contributed by atoms with Gasteiger partial charge in [0.05, 0.1) is 16.4 Å². The van der Waals surface area contributed by atoms with Crippen molar-refractivity contribution in [1.82, 2.24) is 9.97 Å². The molecule has 6 nitrogen and oxygen atoms in total. The van der Waals surface area contributed by atoms with Gasteiger partial charge in [0.2, 0.25) is 5.91 Å². The third kappa shape index (κ3) is 2.92. The van der Waals surface area contributed by atoms with Crippen LogP contribution in [0.2, 0.25) is 0 Å². The second-order valence-corrected chi connectivity index (χ2v) is 10.3. The van der Waals surface area contributed by atoms with Crippen LogP contribution in [0.5, 0.6) is 11.5 Å². The maximum Gasteiger partial charge on any atom is 0.230 e. The Bertz CT molecular complexity index is 1150. The van der Waals surface area contributed by atoms with Crippen molar-refractivity contribution in [3.05, 3.63) is 36.4 Å². The minimum Gasteiger partial charge on any atom is -0.486 e. The van der Waals surface area contributed by atoms with E-state index >= 15 is 0 Å². The van der Waals surface area contributed by atoms with E-state index in [0.29, 0.717) is 13.2 Å². The second kappa shape index (κ2) is 6.74. The van der Waals surface area contributed by atoms with Gasteiger partial charge in [-0.25, -0.2) is 4.98 Å². The molecule has 4 saturated carbocycles. The fourth-order valence-corrected chi connectivity index (χ4v) is 7.08. The van der Waals surface area contributed by atoms with Crippen molar-refractivity contribution >= 4 is 22.6 Å². The number of ether oxygens (including phenoxy) is 2. The molecule has 4 aliphatic carbocycles. The molecule has 0 unspecified atom stereocenters. The minimum atomic E-state index is -0.150. The molecule has 5 aliphatic rings. The molecule has 1 aromatic heterocycles. The van der Waals surface area contributed by atoms with E-state index in [4.69, 9.17) is 14.5 Å². The monoisotopic (exact) mass is 429 g/mol. The summed E-state index contributed by atoms with van der Waals surface area (Å²) in [5, 5.41) is 3.27. The number of carbonyl (C=O) groups is 1. The topological polar surface area (TPSA) is 76.2 Å². The van der Waals surface area contributed by atoms with E-state index in [2.05, 4.69) is 10.3 Å². The number of aromatic amines is 1. The average Bonchev–Trinajstić information content (AvgIpc) is 3.20. The number of aromatic nitrogens is 2. The molecule has 2 N–H and O–H groups in total. The number of carbonyl (C=O) groups excluding carboxylic acids is 1. The standard InChI is InChI=1S/C26H27N3O3/c30-25(26-12-15-6-16(13-26)8-17(7-15)14-26)27-19-3-1-2-18(9-19)24-28-20-10-22-23(11-21(20)29-24)32-5-4-31-22/h1-3,9-11,15-17H,4-8,12-14H2,(H,27,30)(H,28,29). The van der Waals surface area contributed by atoms with E-state index in [9.17, 15) is 4.79 Å². The van der Waals surface area contributed by atoms with Crippen molar-refractivity contribution in [3.63, 3.8) is 0 Å². The first-order chi connectivity index (χ1) is 15.6. The molecule has 32 heavy (non-hydrogen) atoms. The zero-order chi connectivity index (χ0) is 21.3. The van der Waals surface area contributed by atoms with Gasteiger partial charge in [-0.3, -0.25) is 4.79 Å². The predicted molar refractivity (Wildman–Crippen MR) is 122 cm³/mol. The van der Waals surface area contributed by atoms with E-state index in [1.54, 1.807) is 0 Å². The van der Waals surface area contributed by atoms with Gasteiger partial charge in [0, 0.05) is 23.4 Å². The molecule has 4 bridgehead atoms. The van der Waals surface area contributed by atoms with Crippen LogP contribution in [-0.2, 0) is 4.79 Å². The van der Waals surface area contributed by atoms with E-state index in [1.807, 2.05) is 36.4 Å². The van der Waals surface area contributed by atoms with Crippen molar-refractivity contribution < 1.29 is 14.3 Å². The fourth-order valence-electron chi connectivity index (χ4n) is 7.08. The van der Waals surface area contributed by atoms with Crippen molar-refractivity contribution in [2.75, 3.05) is 18.5 Å². The summed E-state index contributed by atoms with van der Waals surface area (Å²) < 4.78 is 11.4. The summed E-state index contributed by atoms with van der Waals surface area (Å²) >= 11 is 0. The predicted octanol–water partition coefficient (Wildman–Crippen LogP) is 5.16. The summed E-state index contributed by atoms with van der Waals surface area (Å²) in [5.41, 5.74) is 3.39. The Balaban J connectivity index is 1.16. The van der Waals surface area contributed by atoms with Crippen LogP contribution in [-0.4, -0.2) is 29.1 Å². The number of benzene rings is 2. The quantitative estimate of drug-likeness (QED) is 0.603. The first-order valence-corrected chi connectivity index (χ1v) is 11.8. The molecule has 2 aromatic carbocycles. The molecule has 6 heteroatoms. The number of hydrogen-bond donors (Lipinski definition) is 2. The highest BCUT2D eigenvalue weighted by Crippen LogP contribution is 2.60. The van der Waals surface area contributed by atoms with Crippen LogP contribution in [0, 0.1) is 23.2 Å². The third-order valence-corrected chi connectivity index (χ3v) is 8.06. The summed E-state index contributed by atoms with van der Waals surface area (Å²) in [4.78, 5) is 21.6. The van der Waals surface area contributed by atoms with E-state index in [0.717, 1.165) is 76.6 Å². The van der Waals surface area contributed by atoms with Gasteiger partial charge in [-0.1, -0.05) is 12.1 Å². The van der Waals surface area contributed by atoms with Crippen LogP contribution in [0.25, 0.3) is 22.4 Å². The molecule has 1 amide bonds. The van der Waals surface area contributed by atoms with Crippen LogP contribution in [0.3, 0.4) is 0 Å². The number of nitrogens with one attached hydrogen (secondary N) is 2. The molecule has 2 heterocycles. The zero-order valence-electron chi connectivity index (χ0n) is 18.0. The van der Waals surface area contributed by atoms with E-state index < -0.39 is 0 Å². The summed E-state index contributed by atoms with van der Waals surface area (Å²) in [6.45, 7) is 1.12. The van der Waals surface area contributed by atoms with Crippen molar-refractivity contribution in [3.8, 4) is 22.9 Å². The Labute approximate surface area is 186 Å². The Hall–Kier alpha value is -3.02. The third-order valence-electron chi connectivity index (χ3n) is 8.06. The van der Waals surface area contributed by atoms with Gasteiger partial charge < -0.3 is 19.8 Å². The first kappa shape index (κ1) is 18.5. The van der Waals surface area contributed by atoms with Crippen LogP contribution >= 0.6 is 0 Å². The molecular formula is C26H27N3O3. The highest BCUT2D eigenvalue weighted by Gasteiger charge is 2.54. The van der Waals surface area contributed by atoms with Gasteiger partial charge in [0.1, 0.15) is 19.0 Å². The van der Waals surface area contributed by atoms with Crippen molar-refractivity contribution in [2.24, 2.45) is 23.2 Å². The largest absolute Gasteiger partial charge is 0.486 e. The lowest BCUT2D eigenvalue weighted by atomic mass is 9.49. The van der Waals surface area contributed by atoms with Crippen molar-refractivity contribution in [1.29, 1.82) is 0 Å². The second-order valence-electron chi connectivity index (χ2n) is 10.3. The van der Waals surface area contributed by atoms with E-state index in [-0.39, 0.29) is 11.3 Å². The number of amides is 1. The van der Waals surface area contributed by atoms with Crippen molar-refractivity contribution in [2.45, 2.75) is 38.5 Å². The Morgan fingerprint density at radius 1 is 0.969 bits per heavy atom. The maximum atomic E-state index is 13.4. The molecule has 3 aromatic rings. The Morgan fingerprint density at radius 2 is 1.66 bits per heavy atom.